The molecule has 0 atom stereocenters. The van der Waals surface area contributed by atoms with Crippen LogP contribution in [0.15, 0.2) is 48.5 Å². The molecular weight excluding hydrogens is 252 g/mol. The number of benzene rings is 2. The van der Waals surface area contributed by atoms with Gasteiger partial charge in [-0.1, -0.05) is 36.4 Å². The molecule has 20 heavy (non-hydrogen) atoms. The first kappa shape index (κ1) is 14.0. The summed E-state index contributed by atoms with van der Waals surface area (Å²) in [4.78, 5) is 23.7. The third-order valence-electron chi connectivity index (χ3n) is 3.16. The number of aryl methyl sites for hydroxylation is 1. The van der Waals surface area contributed by atoms with Crippen molar-refractivity contribution in [1.29, 1.82) is 0 Å². The topological polar surface area (TPSA) is 43.4 Å². The maximum atomic E-state index is 12.3. The van der Waals surface area contributed by atoms with E-state index < -0.39 is 5.97 Å². The normalized spacial score (nSPS) is 10.1. The molecule has 0 saturated heterocycles. The summed E-state index contributed by atoms with van der Waals surface area (Å²) < 4.78 is 4.66. The van der Waals surface area contributed by atoms with Crippen LogP contribution in [0.5, 0.6) is 0 Å². The van der Waals surface area contributed by atoms with Gasteiger partial charge in [-0.15, -0.1) is 0 Å². The van der Waals surface area contributed by atoms with Crippen molar-refractivity contribution in [2.75, 3.05) is 7.11 Å². The lowest BCUT2D eigenvalue weighted by Gasteiger charge is -2.07. The van der Waals surface area contributed by atoms with Gasteiger partial charge in [0.25, 0.3) is 0 Å². The van der Waals surface area contributed by atoms with Crippen LogP contribution in [-0.4, -0.2) is 18.9 Å². The summed E-state index contributed by atoms with van der Waals surface area (Å²) in [5.41, 5.74) is 2.87. The van der Waals surface area contributed by atoms with Gasteiger partial charge in [-0.25, -0.2) is 4.79 Å². The molecule has 0 saturated carbocycles. The number of Topliss-reactive ketones (excluding diaryl/α,β-unsaturated/α-hetero) is 1. The number of carbonyl (C=O) groups is 2. The standard InChI is InChI=1S/C17H16O3/c1-12-10-14(17(19)20-2)8-9-15(12)16(18)11-13-6-4-3-5-7-13/h3-10H,11H2,1-2H3. The third kappa shape index (κ3) is 3.12. The van der Waals surface area contributed by atoms with Crippen molar-refractivity contribution < 1.29 is 14.3 Å². The van der Waals surface area contributed by atoms with Crippen molar-refractivity contribution in [3.05, 3.63) is 70.8 Å². The Labute approximate surface area is 118 Å². The van der Waals surface area contributed by atoms with Gasteiger partial charge in [0.2, 0.25) is 0 Å². The Morgan fingerprint density at radius 1 is 1.05 bits per heavy atom. The minimum atomic E-state index is -0.393. The van der Waals surface area contributed by atoms with Crippen molar-refractivity contribution in [3.8, 4) is 0 Å². The van der Waals surface area contributed by atoms with Crippen LogP contribution in [0.4, 0.5) is 0 Å². The largest absolute Gasteiger partial charge is 0.465 e. The van der Waals surface area contributed by atoms with Crippen molar-refractivity contribution >= 4 is 11.8 Å². The lowest BCUT2D eigenvalue weighted by Crippen LogP contribution is -2.08. The zero-order chi connectivity index (χ0) is 14.5. The average Bonchev–Trinajstić information content (AvgIpc) is 2.47. The summed E-state index contributed by atoms with van der Waals surface area (Å²) in [5.74, 6) is -0.347. The van der Waals surface area contributed by atoms with Crippen LogP contribution < -0.4 is 0 Å². The Morgan fingerprint density at radius 3 is 2.35 bits per heavy atom. The Kier molecular flexibility index (Phi) is 4.31. The summed E-state index contributed by atoms with van der Waals surface area (Å²) in [6.45, 7) is 1.82. The van der Waals surface area contributed by atoms with Crippen molar-refractivity contribution in [1.82, 2.24) is 0 Å². The Bertz CT molecular complexity index is 630. The number of esters is 1. The van der Waals surface area contributed by atoms with E-state index >= 15 is 0 Å². The lowest BCUT2D eigenvalue weighted by molar-refractivity contribution is 0.0600. The van der Waals surface area contributed by atoms with Crippen LogP contribution in [0.2, 0.25) is 0 Å². The molecule has 0 bridgehead atoms. The molecule has 2 aromatic rings. The monoisotopic (exact) mass is 268 g/mol. The molecule has 0 radical (unpaired) electrons. The quantitative estimate of drug-likeness (QED) is 0.631. The van der Waals surface area contributed by atoms with E-state index in [4.69, 9.17) is 0 Å². The van der Waals surface area contributed by atoms with Gasteiger partial charge in [-0.2, -0.15) is 0 Å². The number of ether oxygens (including phenoxy) is 1. The first-order valence-corrected chi connectivity index (χ1v) is 6.38. The SMILES string of the molecule is COC(=O)c1ccc(C(=O)Cc2ccccc2)c(C)c1. The van der Waals surface area contributed by atoms with Gasteiger partial charge in [0.1, 0.15) is 0 Å². The van der Waals surface area contributed by atoms with Gasteiger partial charge in [0, 0.05) is 12.0 Å². The number of hydrogen-bond acceptors (Lipinski definition) is 3. The lowest BCUT2D eigenvalue weighted by atomic mass is 9.97. The first-order valence-electron chi connectivity index (χ1n) is 6.38. The minimum Gasteiger partial charge on any atom is -0.465 e. The number of rotatable bonds is 4. The first-order chi connectivity index (χ1) is 9.61. The number of methoxy groups -OCH3 is 1. The molecule has 0 heterocycles. The highest BCUT2D eigenvalue weighted by Gasteiger charge is 2.13. The molecule has 0 aliphatic carbocycles. The van der Waals surface area contributed by atoms with E-state index in [0.29, 0.717) is 17.5 Å². The van der Waals surface area contributed by atoms with Crippen molar-refractivity contribution in [3.63, 3.8) is 0 Å². The second kappa shape index (κ2) is 6.15. The van der Waals surface area contributed by atoms with Crippen molar-refractivity contribution in [2.24, 2.45) is 0 Å². The fourth-order valence-corrected chi connectivity index (χ4v) is 2.10. The summed E-state index contributed by atoms with van der Waals surface area (Å²) in [7, 11) is 1.34. The Morgan fingerprint density at radius 2 is 1.75 bits per heavy atom. The zero-order valence-electron chi connectivity index (χ0n) is 11.6. The highest BCUT2D eigenvalue weighted by Crippen LogP contribution is 2.15. The second-order valence-corrected chi connectivity index (χ2v) is 4.61. The average molecular weight is 268 g/mol. The maximum Gasteiger partial charge on any atom is 0.337 e. The van der Waals surface area contributed by atoms with Gasteiger partial charge in [0.15, 0.2) is 5.78 Å². The highest BCUT2D eigenvalue weighted by atomic mass is 16.5. The van der Waals surface area contributed by atoms with Gasteiger partial charge < -0.3 is 4.74 Å². The summed E-state index contributed by atoms with van der Waals surface area (Å²) in [5, 5.41) is 0. The predicted octanol–water partition coefficient (Wildman–Crippen LogP) is 3.21. The van der Waals surface area contributed by atoms with Crippen LogP contribution in [0, 0.1) is 6.92 Å². The molecular formula is C17H16O3. The molecule has 0 amide bonds. The highest BCUT2D eigenvalue weighted by molar-refractivity contribution is 6.00. The molecule has 2 rings (SSSR count). The molecule has 102 valence electrons. The van der Waals surface area contributed by atoms with Gasteiger partial charge in [0.05, 0.1) is 12.7 Å². The van der Waals surface area contributed by atoms with Gasteiger partial charge in [-0.3, -0.25) is 4.79 Å². The van der Waals surface area contributed by atoms with E-state index in [1.807, 2.05) is 37.3 Å². The van der Waals surface area contributed by atoms with E-state index in [9.17, 15) is 9.59 Å². The summed E-state index contributed by atoms with van der Waals surface area (Å²) in [6, 6.07) is 14.6. The van der Waals surface area contributed by atoms with E-state index in [1.54, 1.807) is 18.2 Å². The molecule has 0 unspecified atom stereocenters. The van der Waals surface area contributed by atoms with Crippen molar-refractivity contribution in [2.45, 2.75) is 13.3 Å². The molecule has 0 aliphatic rings. The number of ketones is 1. The Balaban J connectivity index is 2.21. The molecule has 0 N–H and O–H groups in total. The molecule has 0 spiro atoms. The zero-order valence-corrected chi connectivity index (χ0v) is 11.6. The van der Waals surface area contributed by atoms with E-state index in [2.05, 4.69) is 4.74 Å². The number of hydrogen-bond donors (Lipinski definition) is 0. The van der Waals surface area contributed by atoms with Crippen LogP contribution in [0.3, 0.4) is 0 Å². The van der Waals surface area contributed by atoms with Crippen LogP contribution in [0.25, 0.3) is 0 Å². The van der Waals surface area contributed by atoms with Crippen LogP contribution in [0.1, 0.15) is 31.8 Å². The smallest absolute Gasteiger partial charge is 0.337 e. The fraction of sp³-hybridized carbons (Fsp3) is 0.176. The second-order valence-electron chi connectivity index (χ2n) is 4.61. The molecule has 3 nitrogen and oxygen atoms in total. The molecule has 0 aromatic heterocycles. The van der Waals surface area contributed by atoms with Crippen LogP contribution in [-0.2, 0) is 11.2 Å². The molecule has 3 heteroatoms. The summed E-state index contributed by atoms with van der Waals surface area (Å²) >= 11 is 0. The van der Waals surface area contributed by atoms with Gasteiger partial charge >= 0.3 is 5.97 Å². The van der Waals surface area contributed by atoms with E-state index in [0.717, 1.165) is 11.1 Å². The number of carbonyl (C=O) groups excluding carboxylic acids is 2. The third-order valence-corrected chi connectivity index (χ3v) is 3.16. The Hall–Kier alpha value is -2.42. The summed E-state index contributed by atoms with van der Waals surface area (Å²) in [6.07, 6.45) is 0.360. The van der Waals surface area contributed by atoms with Crippen LogP contribution >= 0.6 is 0 Å². The predicted molar refractivity (Wildman–Crippen MR) is 77.0 cm³/mol. The minimum absolute atomic E-state index is 0.0464. The van der Waals surface area contributed by atoms with E-state index in [1.165, 1.54) is 7.11 Å². The van der Waals surface area contributed by atoms with E-state index in [-0.39, 0.29) is 5.78 Å². The maximum absolute atomic E-state index is 12.3. The fourth-order valence-electron chi connectivity index (χ4n) is 2.10. The molecule has 2 aromatic carbocycles. The molecule has 0 aliphatic heterocycles. The van der Waals surface area contributed by atoms with Gasteiger partial charge in [-0.05, 0) is 30.2 Å². The molecule has 0 fully saturated rings.